The summed E-state index contributed by atoms with van der Waals surface area (Å²) in [4.78, 5) is 0. The Morgan fingerprint density at radius 3 is 2.74 bits per heavy atom. The zero-order valence-corrected chi connectivity index (χ0v) is 13.9. The van der Waals surface area contributed by atoms with Gasteiger partial charge in [0, 0.05) is 26.7 Å². The molecule has 1 N–H and O–H groups in total. The van der Waals surface area contributed by atoms with E-state index in [1.165, 1.54) is 0 Å². The van der Waals surface area contributed by atoms with Gasteiger partial charge in [-0.1, -0.05) is 54.6 Å². The van der Waals surface area contributed by atoms with Crippen LogP contribution in [-0.2, 0) is 20.8 Å². The van der Waals surface area contributed by atoms with E-state index in [-0.39, 0.29) is 12.7 Å². The minimum absolute atomic E-state index is 0.0742. The SMILES string of the molecule is COCOCCC/C=C/C=C\[C@H](CCO)OCc1ccccc1. The van der Waals surface area contributed by atoms with Crippen LogP contribution in [0.15, 0.2) is 54.6 Å². The number of aliphatic hydroxyl groups is 1. The Balaban J connectivity index is 2.23. The van der Waals surface area contributed by atoms with Crippen molar-refractivity contribution in [3.63, 3.8) is 0 Å². The molecule has 4 nitrogen and oxygen atoms in total. The van der Waals surface area contributed by atoms with E-state index in [1.54, 1.807) is 7.11 Å². The first-order valence-corrected chi connectivity index (χ1v) is 8.03. The van der Waals surface area contributed by atoms with E-state index < -0.39 is 0 Å². The van der Waals surface area contributed by atoms with E-state index in [1.807, 2.05) is 48.6 Å². The maximum Gasteiger partial charge on any atom is 0.146 e. The zero-order valence-electron chi connectivity index (χ0n) is 13.9. The predicted octanol–water partition coefficient (Wildman–Crippen LogP) is 3.47. The standard InChI is InChI=1S/C19H28O4/c1-21-17-22-15-9-4-2-3-8-12-19(13-14-20)23-16-18-10-6-5-7-11-18/h2-3,5-8,10-12,19-20H,4,9,13-17H2,1H3/b3-2+,12-8-/t19-/m1/s1. The monoisotopic (exact) mass is 320 g/mol. The number of unbranched alkanes of at least 4 members (excludes halogenated alkanes) is 1. The Hall–Kier alpha value is -1.46. The van der Waals surface area contributed by atoms with Crippen molar-refractivity contribution in [3.8, 4) is 0 Å². The molecule has 4 heteroatoms. The first kappa shape index (κ1) is 19.6. The second-order valence-corrected chi connectivity index (χ2v) is 5.12. The second-order valence-electron chi connectivity index (χ2n) is 5.12. The van der Waals surface area contributed by atoms with Crippen LogP contribution in [0.25, 0.3) is 0 Å². The summed E-state index contributed by atoms with van der Waals surface area (Å²) in [6.07, 6.45) is 10.5. The maximum atomic E-state index is 9.12. The molecule has 1 aromatic rings. The molecule has 1 aromatic carbocycles. The van der Waals surface area contributed by atoms with Gasteiger partial charge in [0.05, 0.1) is 12.7 Å². The highest BCUT2D eigenvalue weighted by Gasteiger charge is 2.04. The van der Waals surface area contributed by atoms with Gasteiger partial charge in [-0.05, 0) is 18.4 Å². The molecule has 0 amide bonds. The molecule has 0 saturated carbocycles. The average Bonchev–Trinajstić information content (AvgIpc) is 2.59. The highest BCUT2D eigenvalue weighted by atomic mass is 16.7. The summed E-state index contributed by atoms with van der Waals surface area (Å²) in [7, 11) is 1.62. The summed E-state index contributed by atoms with van der Waals surface area (Å²) < 4.78 is 15.8. The lowest BCUT2D eigenvalue weighted by molar-refractivity contribution is -0.0308. The van der Waals surface area contributed by atoms with Crippen LogP contribution in [0, 0.1) is 0 Å². The number of allylic oxidation sites excluding steroid dienone is 3. The zero-order chi connectivity index (χ0) is 16.6. The van der Waals surface area contributed by atoms with Crippen LogP contribution in [0.3, 0.4) is 0 Å². The summed E-state index contributed by atoms with van der Waals surface area (Å²) in [5.41, 5.74) is 1.13. The van der Waals surface area contributed by atoms with Crippen molar-refractivity contribution in [1.82, 2.24) is 0 Å². The van der Waals surface area contributed by atoms with E-state index in [0.717, 1.165) is 18.4 Å². The van der Waals surface area contributed by atoms with E-state index in [0.29, 0.717) is 26.4 Å². The van der Waals surface area contributed by atoms with Gasteiger partial charge < -0.3 is 19.3 Å². The van der Waals surface area contributed by atoms with Crippen LogP contribution >= 0.6 is 0 Å². The van der Waals surface area contributed by atoms with Crippen molar-refractivity contribution in [2.45, 2.75) is 32.0 Å². The Bertz CT molecular complexity index is 428. The summed E-state index contributed by atoms with van der Waals surface area (Å²) in [5, 5.41) is 9.12. The van der Waals surface area contributed by atoms with Gasteiger partial charge in [0.25, 0.3) is 0 Å². The second kappa shape index (κ2) is 14.2. The molecule has 23 heavy (non-hydrogen) atoms. The van der Waals surface area contributed by atoms with Gasteiger partial charge in [0.1, 0.15) is 6.79 Å². The first-order valence-electron chi connectivity index (χ1n) is 8.03. The number of hydrogen-bond acceptors (Lipinski definition) is 4. The van der Waals surface area contributed by atoms with Gasteiger partial charge >= 0.3 is 0 Å². The lowest BCUT2D eigenvalue weighted by atomic mass is 10.2. The molecule has 0 unspecified atom stereocenters. The third kappa shape index (κ3) is 10.8. The quantitative estimate of drug-likeness (QED) is 0.343. The highest BCUT2D eigenvalue weighted by Crippen LogP contribution is 2.07. The summed E-state index contributed by atoms with van der Waals surface area (Å²) in [6.45, 7) is 1.72. The maximum absolute atomic E-state index is 9.12. The van der Waals surface area contributed by atoms with E-state index in [9.17, 15) is 0 Å². The molecule has 0 bridgehead atoms. The normalized spacial score (nSPS) is 13.1. The van der Waals surface area contributed by atoms with Crippen molar-refractivity contribution >= 4 is 0 Å². The third-order valence-corrected chi connectivity index (χ3v) is 3.15. The van der Waals surface area contributed by atoms with Crippen LogP contribution < -0.4 is 0 Å². The smallest absolute Gasteiger partial charge is 0.146 e. The molecule has 0 saturated heterocycles. The lowest BCUT2D eigenvalue weighted by Gasteiger charge is -2.12. The summed E-state index contributed by atoms with van der Waals surface area (Å²) in [6, 6.07) is 10.0. The third-order valence-electron chi connectivity index (χ3n) is 3.15. The van der Waals surface area contributed by atoms with E-state index >= 15 is 0 Å². The molecule has 0 aliphatic rings. The van der Waals surface area contributed by atoms with Crippen LogP contribution in [0.1, 0.15) is 24.8 Å². The Morgan fingerprint density at radius 2 is 2.00 bits per heavy atom. The Labute approximate surface area is 139 Å². The van der Waals surface area contributed by atoms with Crippen molar-refractivity contribution in [2.75, 3.05) is 27.1 Å². The molecular formula is C19H28O4. The van der Waals surface area contributed by atoms with Crippen molar-refractivity contribution in [3.05, 3.63) is 60.2 Å². The number of ether oxygens (including phenoxy) is 3. The molecule has 0 radical (unpaired) electrons. The van der Waals surface area contributed by atoms with Crippen molar-refractivity contribution < 1.29 is 19.3 Å². The van der Waals surface area contributed by atoms with E-state index in [4.69, 9.17) is 19.3 Å². The predicted molar refractivity (Wildman–Crippen MR) is 92.1 cm³/mol. The minimum Gasteiger partial charge on any atom is -0.396 e. The molecular weight excluding hydrogens is 292 g/mol. The molecule has 0 spiro atoms. The number of hydrogen-bond donors (Lipinski definition) is 1. The van der Waals surface area contributed by atoms with Crippen molar-refractivity contribution in [1.29, 1.82) is 0 Å². The van der Waals surface area contributed by atoms with Gasteiger partial charge in [0.15, 0.2) is 0 Å². The Morgan fingerprint density at radius 1 is 1.17 bits per heavy atom. The summed E-state index contributed by atoms with van der Waals surface area (Å²) >= 11 is 0. The van der Waals surface area contributed by atoms with E-state index in [2.05, 4.69) is 6.08 Å². The topological polar surface area (TPSA) is 47.9 Å². The molecule has 0 heterocycles. The van der Waals surface area contributed by atoms with Crippen LogP contribution in [-0.4, -0.2) is 38.3 Å². The number of aliphatic hydroxyl groups excluding tert-OH is 1. The molecule has 0 aromatic heterocycles. The van der Waals surface area contributed by atoms with Crippen molar-refractivity contribution in [2.24, 2.45) is 0 Å². The number of rotatable bonds is 13. The Kier molecular flexibility index (Phi) is 12.1. The van der Waals surface area contributed by atoms with Gasteiger partial charge in [-0.2, -0.15) is 0 Å². The molecule has 128 valence electrons. The van der Waals surface area contributed by atoms with Gasteiger partial charge in [-0.25, -0.2) is 0 Å². The summed E-state index contributed by atoms with van der Waals surface area (Å²) in [5.74, 6) is 0. The fourth-order valence-electron chi connectivity index (χ4n) is 1.95. The largest absolute Gasteiger partial charge is 0.396 e. The van der Waals surface area contributed by atoms with Crippen LogP contribution in [0.2, 0.25) is 0 Å². The fraction of sp³-hybridized carbons (Fsp3) is 0.474. The minimum atomic E-state index is -0.0742. The molecule has 1 atom stereocenters. The fourth-order valence-corrected chi connectivity index (χ4v) is 1.95. The highest BCUT2D eigenvalue weighted by molar-refractivity contribution is 5.13. The first-order chi connectivity index (χ1) is 11.4. The number of methoxy groups -OCH3 is 1. The average molecular weight is 320 g/mol. The van der Waals surface area contributed by atoms with Gasteiger partial charge in [-0.15, -0.1) is 0 Å². The molecule has 1 rings (SSSR count). The lowest BCUT2D eigenvalue weighted by Crippen LogP contribution is -2.11. The van der Waals surface area contributed by atoms with Crippen LogP contribution in [0.5, 0.6) is 0 Å². The number of benzene rings is 1. The molecule has 0 aliphatic heterocycles. The van der Waals surface area contributed by atoms with Gasteiger partial charge in [0.2, 0.25) is 0 Å². The molecule has 0 fully saturated rings. The van der Waals surface area contributed by atoms with Crippen LogP contribution in [0.4, 0.5) is 0 Å². The van der Waals surface area contributed by atoms with Gasteiger partial charge in [-0.3, -0.25) is 0 Å². The molecule has 0 aliphatic carbocycles.